The van der Waals surface area contributed by atoms with Gasteiger partial charge < -0.3 is 19.1 Å². The molecule has 0 radical (unpaired) electrons. The van der Waals surface area contributed by atoms with Crippen molar-refractivity contribution in [1.29, 1.82) is 0 Å². The van der Waals surface area contributed by atoms with Gasteiger partial charge >= 0.3 is 0 Å². The van der Waals surface area contributed by atoms with Gasteiger partial charge in [0, 0.05) is 31.0 Å². The van der Waals surface area contributed by atoms with Gasteiger partial charge in [-0.15, -0.1) is 11.3 Å². The average molecular weight is 482 g/mol. The molecule has 0 spiro atoms. The van der Waals surface area contributed by atoms with E-state index < -0.39 is 0 Å². The molecule has 0 fully saturated rings. The van der Waals surface area contributed by atoms with E-state index in [-0.39, 0.29) is 24.4 Å². The van der Waals surface area contributed by atoms with E-state index in [1.165, 1.54) is 11.3 Å². The Morgan fingerprint density at radius 1 is 1.12 bits per heavy atom. The maximum atomic E-state index is 13.5. The summed E-state index contributed by atoms with van der Waals surface area (Å²) in [5, 5.41) is 1.89. The second-order valence-corrected chi connectivity index (χ2v) is 9.41. The van der Waals surface area contributed by atoms with Gasteiger partial charge in [-0.25, -0.2) is 0 Å². The third-order valence-electron chi connectivity index (χ3n) is 6.02. The Morgan fingerprint density at radius 3 is 2.62 bits per heavy atom. The number of nitrogens with zero attached hydrogens (tertiary/aromatic N) is 3. The Hall–Kier alpha value is -3.06. The molecule has 0 N–H and O–H groups in total. The number of carbonyl (C=O) groups excluding carboxylic acids is 2. The highest BCUT2D eigenvalue weighted by molar-refractivity contribution is 7.12. The van der Waals surface area contributed by atoms with E-state index in [9.17, 15) is 9.59 Å². The molecular weight excluding hydrogens is 446 g/mol. The molecule has 6 nitrogen and oxygen atoms in total. The first-order chi connectivity index (χ1) is 16.5. The van der Waals surface area contributed by atoms with Crippen molar-refractivity contribution in [2.75, 3.05) is 20.2 Å². The maximum Gasteiger partial charge on any atom is 0.264 e. The van der Waals surface area contributed by atoms with Gasteiger partial charge in [0.05, 0.1) is 18.5 Å². The smallest absolute Gasteiger partial charge is 0.264 e. The van der Waals surface area contributed by atoms with Crippen molar-refractivity contribution in [3.05, 3.63) is 76.2 Å². The van der Waals surface area contributed by atoms with Crippen molar-refractivity contribution in [3.8, 4) is 5.75 Å². The average Bonchev–Trinajstić information content (AvgIpc) is 3.54. The van der Waals surface area contributed by atoms with Crippen LogP contribution in [0.25, 0.3) is 0 Å². The minimum absolute atomic E-state index is 0.0261. The molecule has 0 bridgehead atoms. The zero-order valence-corrected chi connectivity index (χ0v) is 21.4. The van der Waals surface area contributed by atoms with E-state index in [0.717, 1.165) is 29.8 Å². The van der Waals surface area contributed by atoms with E-state index >= 15 is 0 Å². The molecule has 7 heteroatoms. The molecule has 0 aliphatic heterocycles. The summed E-state index contributed by atoms with van der Waals surface area (Å²) in [5.74, 6) is 0.728. The van der Waals surface area contributed by atoms with Gasteiger partial charge in [-0.1, -0.05) is 32.0 Å². The molecule has 1 unspecified atom stereocenters. The predicted molar refractivity (Wildman–Crippen MR) is 137 cm³/mol. The molecule has 3 aromatic rings. The minimum atomic E-state index is -0.0734. The fourth-order valence-corrected chi connectivity index (χ4v) is 4.62. The van der Waals surface area contributed by atoms with Crippen LogP contribution in [0.15, 0.2) is 60.1 Å². The first-order valence-electron chi connectivity index (χ1n) is 11.9. The number of ether oxygens (including phenoxy) is 1. The van der Waals surface area contributed by atoms with Gasteiger partial charge in [0.15, 0.2) is 0 Å². The highest BCUT2D eigenvalue weighted by Gasteiger charge is 2.25. The van der Waals surface area contributed by atoms with Crippen LogP contribution < -0.4 is 4.74 Å². The van der Waals surface area contributed by atoms with Crippen molar-refractivity contribution in [2.24, 2.45) is 0 Å². The topological polar surface area (TPSA) is 54.8 Å². The second-order valence-electron chi connectivity index (χ2n) is 8.46. The molecule has 182 valence electrons. The Bertz CT molecular complexity index is 1060. The van der Waals surface area contributed by atoms with Gasteiger partial charge in [-0.05, 0) is 61.0 Å². The van der Waals surface area contributed by atoms with E-state index in [2.05, 4.69) is 30.5 Å². The zero-order chi connectivity index (χ0) is 24.5. The predicted octanol–water partition coefficient (Wildman–Crippen LogP) is 5.29. The Morgan fingerprint density at radius 2 is 1.94 bits per heavy atom. The molecule has 0 aliphatic rings. The summed E-state index contributed by atoms with van der Waals surface area (Å²) in [7, 11) is 1.67. The van der Waals surface area contributed by atoms with Crippen LogP contribution in [0.3, 0.4) is 0 Å². The molecule has 0 aliphatic carbocycles. The third kappa shape index (κ3) is 6.50. The molecule has 1 atom stereocenters. The lowest BCUT2D eigenvalue weighted by Gasteiger charge is -2.32. The quantitative estimate of drug-likeness (QED) is 0.353. The monoisotopic (exact) mass is 481 g/mol. The highest BCUT2D eigenvalue weighted by atomic mass is 32.1. The number of hydrogen-bond acceptors (Lipinski definition) is 4. The van der Waals surface area contributed by atoms with Gasteiger partial charge in [-0.3, -0.25) is 9.59 Å². The van der Waals surface area contributed by atoms with Gasteiger partial charge in [0.1, 0.15) is 12.3 Å². The summed E-state index contributed by atoms with van der Waals surface area (Å²) in [6.07, 6.45) is 3.68. The van der Waals surface area contributed by atoms with Crippen LogP contribution in [0, 0.1) is 0 Å². The van der Waals surface area contributed by atoms with Gasteiger partial charge in [0.25, 0.3) is 5.91 Å². The SMILES string of the molecule is CCCN(CC(=O)N(Cc1cccn1Cc1cccc(OC)c1)C(C)CC)C(=O)c1cccs1. The van der Waals surface area contributed by atoms with Crippen molar-refractivity contribution >= 4 is 23.2 Å². The normalized spacial score (nSPS) is 11.8. The van der Waals surface area contributed by atoms with Crippen LogP contribution >= 0.6 is 11.3 Å². The molecule has 2 heterocycles. The molecule has 3 rings (SSSR count). The third-order valence-corrected chi connectivity index (χ3v) is 6.88. The standard InChI is InChI=1S/C27H35N3O3S/c1-5-14-29(27(32)25-13-9-16-34-25)20-26(31)30(21(3)6-2)19-23-11-8-15-28(23)18-22-10-7-12-24(17-22)33-4/h7-13,15-17,21H,5-6,14,18-20H2,1-4H3. The lowest BCUT2D eigenvalue weighted by molar-refractivity contribution is -0.134. The van der Waals surface area contributed by atoms with Crippen LogP contribution in [0.4, 0.5) is 0 Å². The zero-order valence-electron chi connectivity index (χ0n) is 20.6. The van der Waals surface area contributed by atoms with Gasteiger partial charge in [0.2, 0.25) is 5.91 Å². The van der Waals surface area contributed by atoms with E-state index in [1.807, 2.05) is 59.8 Å². The number of rotatable bonds is 12. The first kappa shape index (κ1) is 25.6. The van der Waals surface area contributed by atoms with E-state index in [0.29, 0.717) is 24.5 Å². The van der Waals surface area contributed by atoms with Crippen molar-refractivity contribution in [2.45, 2.75) is 52.7 Å². The highest BCUT2D eigenvalue weighted by Crippen LogP contribution is 2.18. The summed E-state index contributed by atoms with van der Waals surface area (Å²) >= 11 is 1.41. The molecule has 0 saturated heterocycles. The van der Waals surface area contributed by atoms with Crippen LogP contribution in [-0.2, 0) is 17.9 Å². The first-order valence-corrected chi connectivity index (χ1v) is 12.7. The molecule has 34 heavy (non-hydrogen) atoms. The summed E-state index contributed by atoms with van der Waals surface area (Å²) in [6, 6.07) is 15.8. The maximum absolute atomic E-state index is 13.5. The van der Waals surface area contributed by atoms with E-state index in [1.54, 1.807) is 12.0 Å². The lowest BCUT2D eigenvalue weighted by atomic mass is 10.2. The largest absolute Gasteiger partial charge is 0.497 e. The summed E-state index contributed by atoms with van der Waals surface area (Å²) < 4.78 is 7.52. The fraction of sp³-hybridized carbons (Fsp3) is 0.407. The fourth-order valence-electron chi connectivity index (χ4n) is 3.93. The van der Waals surface area contributed by atoms with Crippen LogP contribution in [-0.4, -0.2) is 52.4 Å². The Labute approximate surface area is 206 Å². The number of carbonyl (C=O) groups is 2. The molecule has 2 amide bonds. The van der Waals surface area contributed by atoms with Crippen molar-refractivity contribution < 1.29 is 14.3 Å². The number of aromatic nitrogens is 1. The lowest BCUT2D eigenvalue weighted by Crippen LogP contribution is -2.46. The molecule has 2 aromatic heterocycles. The minimum Gasteiger partial charge on any atom is -0.497 e. The van der Waals surface area contributed by atoms with Crippen molar-refractivity contribution in [3.63, 3.8) is 0 Å². The van der Waals surface area contributed by atoms with Crippen LogP contribution in [0.1, 0.15) is 54.5 Å². The van der Waals surface area contributed by atoms with Crippen LogP contribution in [0.2, 0.25) is 0 Å². The summed E-state index contributed by atoms with van der Waals surface area (Å²) in [6.45, 7) is 8.02. The number of thiophene rings is 1. The number of hydrogen-bond donors (Lipinski definition) is 0. The van der Waals surface area contributed by atoms with Crippen LogP contribution in [0.5, 0.6) is 5.75 Å². The molecule has 0 saturated carbocycles. The summed E-state index contributed by atoms with van der Waals surface area (Å²) in [4.78, 5) is 30.7. The molecular formula is C27H35N3O3S. The number of methoxy groups -OCH3 is 1. The van der Waals surface area contributed by atoms with Crippen molar-refractivity contribution in [1.82, 2.24) is 14.4 Å². The Balaban J connectivity index is 1.76. The summed E-state index contributed by atoms with van der Waals surface area (Å²) in [5.41, 5.74) is 2.19. The van der Waals surface area contributed by atoms with E-state index in [4.69, 9.17) is 4.74 Å². The number of amides is 2. The number of benzene rings is 1. The van der Waals surface area contributed by atoms with Gasteiger partial charge in [-0.2, -0.15) is 0 Å². The second kappa shape index (κ2) is 12.4. The molecule has 1 aromatic carbocycles. The Kier molecular flexibility index (Phi) is 9.33.